The molecule has 1 rings (SSSR count). The van der Waals surface area contributed by atoms with Crippen molar-refractivity contribution in [2.75, 3.05) is 0 Å². The van der Waals surface area contributed by atoms with Crippen LogP contribution in [0.25, 0.3) is 0 Å². The second-order valence-electron chi connectivity index (χ2n) is 1.77. The van der Waals surface area contributed by atoms with Crippen molar-refractivity contribution < 1.29 is 40.3 Å². The molecule has 54 valence electrons. The van der Waals surface area contributed by atoms with Gasteiger partial charge in [-0.2, -0.15) is 0 Å². The van der Waals surface area contributed by atoms with Crippen molar-refractivity contribution in [2.45, 2.75) is 0 Å². The molecule has 0 N–H and O–H groups in total. The molecule has 1 atom stereocenters. The summed E-state index contributed by atoms with van der Waals surface area (Å²) in [6.45, 7) is 0. The van der Waals surface area contributed by atoms with Crippen LogP contribution in [0.2, 0.25) is 0 Å². The zero-order valence-electron chi connectivity index (χ0n) is 7.28. The quantitative estimate of drug-likeness (QED) is 0.396. The first-order valence-corrected chi connectivity index (χ1v) is 3.28. The zero-order valence-corrected chi connectivity index (χ0v) is 9.44. The topological polar surface area (TPSA) is 26.3 Å². The Kier molecular flexibility index (Phi) is 5.79. The molecule has 11 heavy (non-hydrogen) atoms. The van der Waals surface area contributed by atoms with Gasteiger partial charge in [-0.05, 0) is 12.1 Å². The van der Waals surface area contributed by atoms with Crippen LogP contribution in [0.5, 0.6) is 0 Å². The van der Waals surface area contributed by atoms with Crippen LogP contribution in [0.3, 0.4) is 0 Å². The molecule has 0 aliphatic heterocycles. The minimum absolute atomic E-state index is 0. The minimum Gasteiger partial charge on any atom is -1.00 e. The molecule has 1 aromatic carbocycles. The molecule has 0 bridgehead atoms. The van der Waals surface area contributed by atoms with E-state index < -0.39 is 0 Å². The normalized spacial score (nSPS) is 8.09. The van der Waals surface area contributed by atoms with Crippen molar-refractivity contribution >= 4 is 15.4 Å². The van der Waals surface area contributed by atoms with Gasteiger partial charge >= 0.3 is 35.5 Å². The van der Waals surface area contributed by atoms with Crippen molar-refractivity contribution in [2.24, 2.45) is 0 Å². The summed E-state index contributed by atoms with van der Waals surface area (Å²) in [6, 6.07) is 8.83. The van der Waals surface area contributed by atoms with Gasteiger partial charge in [-0.1, -0.05) is 18.2 Å². The molecule has 1 aromatic rings. The molecule has 0 saturated carbocycles. The van der Waals surface area contributed by atoms with Gasteiger partial charge < -0.3 is 5.95 Å². The fraction of sp³-hybridized carbons (Fsp3) is 0. The summed E-state index contributed by atoms with van der Waals surface area (Å²) in [6.07, 6.45) is 0. The first kappa shape index (κ1) is 11.1. The number of carbonyl (C=O) groups is 1. The molecule has 0 aliphatic carbocycles. The Labute approximate surface area is 91.4 Å². The average molecular weight is 178 g/mol. The summed E-state index contributed by atoms with van der Waals surface area (Å²) in [4.78, 5) is 10.8. The Bertz CT molecular complexity index is 230. The molecule has 2 nitrogen and oxygen atoms in total. The summed E-state index contributed by atoms with van der Waals surface area (Å²) in [5.74, 6) is -0.328. The van der Waals surface area contributed by atoms with Crippen molar-refractivity contribution in [1.82, 2.24) is 0 Å². The largest absolute Gasteiger partial charge is 1.00 e. The predicted octanol–water partition coefficient (Wildman–Crippen LogP) is -1.25. The summed E-state index contributed by atoms with van der Waals surface area (Å²) in [5, 5.41) is 0. The second-order valence-corrected chi connectivity index (χ2v) is 2.01. The maximum absolute atomic E-state index is 10.8. The summed E-state index contributed by atoms with van der Waals surface area (Å²) >= 11 is 0. The molecule has 0 amide bonds. The number of rotatable bonds is 1. The Morgan fingerprint density at radius 1 is 1.36 bits per heavy atom. The molecule has 0 saturated heterocycles. The third-order valence-electron chi connectivity index (χ3n) is 1.12. The second kappa shape index (κ2) is 5.73. The number of hydrogen-bond donors (Lipinski definition) is 0. The number of benzene rings is 1. The fourth-order valence-electron chi connectivity index (χ4n) is 0.642. The molecule has 0 aliphatic rings. The summed E-state index contributed by atoms with van der Waals surface area (Å²) < 4.78 is 4.41. The zero-order chi connectivity index (χ0) is 7.40. The van der Waals surface area contributed by atoms with Gasteiger partial charge in [-0.25, -0.2) is 4.79 Å². The first-order valence-electron chi connectivity index (χ1n) is 2.80. The Hall–Kier alpha value is 0.120. The van der Waals surface area contributed by atoms with E-state index in [0.29, 0.717) is 5.56 Å². The van der Waals surface area contributed by atoms with Gasteiger partial charge in [0.1, 0.15) is 0 Å². The van der Waals surface area contributed by atoms with E-state index in [-0.39, 0.29) is 37.0 Å². The maximum atomic E-state index is 10.8. The van der Waals surface area contributed by atoms with E-state index in [1.165, 1.54) is 0 Å². The fourth-order valence-corrected chi connectivity index (χ4v) is 0.778. The molecular formula is C7H8NaO2P. The molecular weight excluding hydrogens is 170 g/mol. The van der Waals surface area contributed by atoms with Crippen LogP contribution in [0.15, 0.2) is 30.3 Å². The number of hydrogen-bond acceptors (Lipinski definition) is 2. The third kappa shape index (κ3) is 3.35. The van der Waals surface area contributed by atoms with E-state index in [4.69, 9.17) is 0 Å². The van der Waals surface area contributed by atoms with Crippen LogP contribution in [-0.2, 0) is 4.52 Å². The van der Waals surface area contributed by atoms with E-state index in [2.05, 4.69) is 4.52 Å². The van der Waals surface area contributed by atoms with Crippen LogP contribution >= 0.6 is 9.47 Å². The predicted molar refractivity (Wildman–Crippen MR) is 42.7 cm³/mol. The third-order valence-corrected chi connectivity index (χ3v) is 1.33. The molecule has 1 unspecified atom stereocenters. The van der Waals surface area contributed by atoms with Gasteiger partial charge in [0.05, 0.1) is 15.0 Å². The molecule has 0 fully saturated rings. The molecule has 0 aromatic heterocycles. The van der Waals surface area contributed by atoms with Crippen LogP contribution in [0.4, 0.5) is 0 Å². The minimum atomic E-state index is -0.328. The van der Waals surface area contributed by atoms with Crippen molar-refractivity contribution in [3.63, 3.8) is 0 Å². The van der Waals surface area contributed by atoms with E-state index >= 15 is 0 Å². The van der Waals surface area contributed by atoms with Gasteiger partial charge in [-0.3, -0.25) is 0 Å². The van der Waals surface area contributed by atoms with Gasteiger partial charge in [0.15, 0.2) is 0 Å². The first-order chi connectivity index (χ1) is 4.84. The Balaban J connectivity index is 0. The van der Waals surface area contributed by atoms with Gasteiger partial charge in [0.2, 0.25) is 0 Å². The van der Waals surface area contributed by atoms with Crippen molar-refractivity contribution in [1.29, 1.82) is 0 Å². The smallest absolute Gasteiger partial charge is 1.00 e. The summed E-state index contributed by atoms with van der Waals surface area (Å²) in [5.41, 5.74) is 0.567. The van der Waals surface area contributed by atoms with Gasteiger partial charge in [0.25, 0.3) is 0 Å². The number of carbonyl (C=O) groups excluding carboxylic acids is 1. The van der Waals surface area contributed by atoms with Crippen molar-refractivity contribution in [3.05, 3.63) is 35.9 Å². The Morgan fingerprint density at radius 3 is 2.36 bits per heavy atom. The SMILES string of the molecule is O=C(OP)c1ccccc1.[H-].[Na+]. The monoisotopic (exact) mass is 178 g/mol. The maximum Gasteiger partial charge on any atom is 1.00 e. The van der Waals surface area contributed by atoms with Crippen molar-refractivity contribution in [3.8, 4) is 0 Å². The Morgan fingerprint density at radius 2 is 1.91 bits per heavy atom. The van der Waals surface area contributed by atoms with E-state index in [0.717, 1.165) is 0 Å². The van der Waals surface area contributed by atoms with Crippen LogP contribution in [-0.4, -0.2) is 5.97 Å². The van der Waals surface area contributed by atoms with Gasteiger partial charge in [-0.15, -0.1) is 0 Å². The van der Waals surface area contributed by atoms with Crippen LogP contribution in [0, 0.1) is 0 Å². The average Bonchev–Trinajstić information content (AvgIpc) is 2.05. The van der Waals surface area contributed by atoms with Gasteiger partial charge in [0, 0.05) is 0 Å². The molecule has 0 spiro atoms. The molecule has 4 heteroatoms. The standard InChI is InChI=1S/C7H7O2P.Na.H/c8-7(9-10)6-4-2-1-3-5-6;;/h1-5H,10H2;;/q;+1;-1. The van der Waals surface area contributed by atoms with E-state index in [1.807, 2.05) is 15.5 Å². The van der Waals surface area contributed by atoms with E-state index in [1.54, 1.807) is 24.3 Å². The molecule has 0 heterocycles. The summed E-state index contributed by atoms with van der Waals surface area (Å²) in [7, 11) is 1.92. The van der Waals surface area contributed by atoms with Crippen LogP contribution < -0.4 is 29.6 Å². The van der Waals surface area contributed by atoms with Crippen LogP contribution in [0.1, 0.15) is 11.8 Å². The molecule has 0 radical (unpaired) electrons. The van der Waals surface area contributed by atoms with E-state index in [9.17, 15) is 4.79 Å².